The fourth-order valence-corrected chi connectivity index (χ4v) is 2.00. The third kappa shape index (κ3) is 3.94. The van der Waals surface area contributed by atoms with Gasteiger partial charge >= 0.3 is 0 Å². The van der Waals surface area contributed by atoms with Crippen LogP contribution in [0.1, 0.15) is 19.8 Å². The minimum Gasteiger partial charge on any atom is -0.355 e. The number of para-hydroxylation sites is 2. The number of H-pyrrole nitrogens is 1. The van der Waals surface area contributed by atoms with Crippen LogP contribution in [-0.4, -0.2) is 11.5 Å². The molecule has 0 spiro atoms. The molecule has 0 bridgehead atoms. The Bertz CT molecular complexity index is 564. The molecule has 102 valence electrons. The van der Waals surface area contributed by atoms with Gasteiger partial charge in [0.05, 0.1) is 0 Å². The number of unbranched alkanes of at least 4 members (excludes halogenated alkanes) is 1. The largest absolute Gasteiger partial charge is 0.355 e. The molecule has 3 heteroatoms. The first-order chi connectivity index (χ1) is 8.86. The minimum atomic E-state index is 0. The Kier molecular flexibility index (Phi) is 6.87. The number of aromatic amines is 1. The fourth-order valence-electron chi connectivity index (χ4n) is 2.00. The van der Waals surface area contributed by atoms with Gasteiger partial charge in [0.1, 0.15) is 0 Å². The van der Waals surface area contributed by atoms with Crippen molar-refractivity contribution >= 4 is 45.8 Å². The Morgan fingerprint density at radius 3 is 1.74 bits per heavy atom. The molecule has 3 N–H and O–H groups in total. The Labute approximate surface area is 131 Å². The molecular formula is C16H21IN2. The highest BCUT2D eigenvalue weighted by atomic mass is 127. The van der Waals surface area contributed by atoms with Crippen LogP contribution in [0.3, 0.4) is 0 Å². The summed E-state index contributed by atoms with van der Waals surface area (Å²) in [4.78, 5) is 3.38. The summed E-state index contributed by atoms with van der Waals surface area (Å²) >= 11 is 0. The number of aromatic nitrogens is 1. The average molecular weight is 368 g/mol. The van der Waals surface area contributed by atoms with E-state index in [4.69, 9.17) is 5.73 Å². The molecule has 0 radical (unpaired) electrons. The summed E-state index contributed by atoms with van der Waals surface area (Å²) in [6.07, 6.45) is 2.39. The van der Waals surface area contributed by atoms with Crippen LogP contribution in [0, 0.1) is 0 Å². The predicted molar refractivity (Wildman–Crippen MR) is 95.2 cm³/mol. The van der Waals surface area contributed by atoms with Crippen LogP contribution in [0.25, 0.3) is 21.8 Å². The van der Waals surface area contributed by atoms with Gasteiger partial charge in [-0.3, -0.25) is 0 Å². The lowest BCUT2D eigenvalue weighted by molar-refractivity contribution is 0.807. The summed E-state index contributed by atoms with van der Waals surface area (Å²) in [6.45, 7) is 2.98. The zero-order valence-electron chi connectivity index (χ0n) is 11.2. The molecule has 2 nitrogen and oxygen atoms in total. The van der Waals surface area contributed by atoms with E-state index in [9.17, 15) is 0 Å². The van der Waals surface area contributed by atoms with Crippen LogP contribution >= 0.6 is 24.0 Å². The lowest BCUT2D eigenvalue weighted by Gasteiger charge is -1.87. The lowest BCUT2D eigenvalue weighted by Crippen LogP contribution is -1.95. The Hall–Kier alpha value is -1.07. The van der Waals surface area contributed by atoms with Crippen molar-refractivity contribution < 1.29 is 0 Å². The molecule has 0 atom stereocenters. The second-order valence-corrected chi connectivity index (χ2v) is 4.36. The van der Waals surface area contributed by atoms with Gasteiger partial charge in [0.2, 0.25) is 0 Å². The Balaban J connectivity index is 0.000000265. The number of benzene rings is 2. The molecule has 3 rings (SSSR count). The highest BCUT2D eigenvalue weighted by Crippen LogP contribution is 2.24. The smallest absolute Gasteiger partial charge is 0.0464 e. The summed E-state index contributed by atoms with van der Waals surface area (Å²) < 4.78 is 0. The van der Waals surface area contributed by atoms with Gasteiger partial charge < -0.3 is 10.7 Å². The number of nitrogens with one attached hydrogen (secondary N) is 1. The summed E-state index contributed by atoms with van der Waals surface area (Å²) in [6, 6.07) is 16.8. The van der Waals surface area contributed by atoms with Gasteiger partial charge in [0.25, 0.3) is 0 Å². The molecule has 0 amide bonds. The van der Waals surface area contributed by atoms with Crippen molar-refractivity contribution in [1.29, 1.82) is 0 Å². The Morgan fingerprint density at radius 1 is 0.895 bits per heavy atom. The number of hydrogen-bond donors (Lipinski definition) is 2. The molecule has 0 aliphatic rings. The van der Waals surface area contributed by atoms with Crippen LogP contribution < -0.4 is 5.73 Å². The SMILES string of the molecule is CCCCN.I.c1ccc2c(c1)[nH]c1ccccc12. The number of hydrogen-bond acceptors (Lipinski definition) is 1. The molecule has 1 heterocycles. The van der Waals surface area contributed by atoms with Crippen molar-refractivity contribution in [2.24, 2.45) is 5.73 Å². The van der Waals surface area contributed by atoms with E-state index in [1.807, 2.05) is 0 Å². The van der Waals surface area contributed by atoms with E-state index < -0.39 is 0 Å². The second-order valence-electron chi connectivity index (χ2n) is 4.36. The van der Waals surface area contributed by atoms with E-state index in [0.29, 0.717) is 0 Å². The normalized spacial score (nSPS) is 9.79. The summed E-state index contributed by atoms with van der Waals surface area (Å²) in [7, 11) is 0. The number of fused-ring (bicyclic) bond motifs is 3. The zero-order valence-corrected chi connectivity index (χ0v) is 13.6. The topological polar surface area (TPSA) is 41.8 Å². The van der Waals surface area contributed by atoms with Crippen molar-refractivity contribution in [2.45, 2.75) is 19.8 Å². The van der Waals surface area contributed by atoms with Gasteiger partial charge in [-0.15, -0.1) is 24.0 Å². The molecule has 0 saturated carbocycles. The van der Waals surface area contributed by atoms with Crippen LogP contribution in [0.2, 0.25) is 0 Å². The molecule has 19 heavy (non-hydrogen) atoms. The van der Waals surface area contributed by atoms with Crippen molar-refractivity contribution in [3.8, 4) is 0 Å². The van der Waals surface area contributed by atoms with E-state index in [1.165, 1.54) is 34.6 Å². The van der Waals surface area contributed by atoms with E-state index >= 15 is 0 Å². The highest BCUT2D eigenvalue weighted by Gasteiger charge is 2.00. The van der Waals surface area contributed by atoms with Crippen LogP contribution in [-0.2, 0) is 0 Å². The maximum atomic E-state index is 5.14. The third-order valence-electron chi connectivity index (χ3n) is 2.97. The minimum absolute atomic E-state index is 0. The van der Waals surface area contributed by atoms with Crippen LogP contribution in [0.4, 0.5) is 0 Å². The van der Waals surface area contributed by atoms with Crippen molar-refractivity contribution in [3.05, 3.63) is 48.5 Å². The van der Waals surface area contributed by atoms with E-state index in [0.717, 1.165) is 6.54 Å². The molecular weight excluding hydrogens is 347 g/mol. The fraction of sp³-hybridized carbons (Fsp3) is 0.250. The first kappa shape index (κ1) is 16.0. The third-order valence-corrected chi connectivity index (χ3v) is 2.97. The number of rotatable bonds is 2. The van der Waals surface area contributed by atoms with Crippen molar-refractivity contribution in [3.63, 3.8) is 0 Å². The van der Waals surface area contributed by atoms with Gasteiger partial charge in [-0.1, -0.05) is 49.7 Å². The van der Waals surface area contributed by atoms with Crippen LogP contribution in [0.5, 0.6) is 0 Å². The predicted octanol–water partition coefficient (Wildman–Crippen LogP) is 4.68. The maximum Gasteiger partial charge on any atom is 0.0464 e. The monoisotopic (exact) mass is 368 g/mol. The molecule has 1 aromatic heterocycles. The lowest BCUT2D eigenvalue weighted by atomic mass is 10.2. The molecule has 0 aliphatic carbocycles. The molecule has 0 unspecified atom stereocenters. The number of halogens is 1. The molecule has 0 saturated heterocycles. The first-order valence-electron chi connectivity index (χ1n) is 6.52. The maximum absolute atomic E-state index is 5.14. The van der Waals surface area contributed by atoms with Gasteiger partial charge in [-0.05, 0) is 25.1 Å². The molecule has 2 aromatic carbocycles. The summed E-state index contributed by atoms with van der Waals surface area (Å²) in [5, 5.41) is 2.61. The zero-order chi connectivity index (χ0) is 12.8. The quantitative estimate of drug-likeness (QED) is 0.634. The van der Waals surface area contributed by atoms with Crippen LogP contribution in [0.15, 0.2) is 48.5 Å². The standard InChI is InChI=1S/C12H9N.C4H11N.HI/c1-3-7-11-9(5-1)10-6-2-4-8-12(10)13-11;1-2-3-4-5;/h1-8,13H;2-5H2,1H3;1H. The summed E-state index contributed by atoms with van der Waals surface area (Å²) in [5.41, 5.74) is 7.56. The van der Waals surface area contributed by atoms with Gasteiger partial charge in [-0.25, -0.2) is 0 Å². The van der Waals surface area contributed by atoms with E-state index in [1.54, 1.807) is 0 Å². The first-order valence-corrected chi connectivity index (χ1v) is 6.52. The van der Waals surface area contributed by atoms with Crippen molar-refractivity contribution in [1.82, 2.24) is 4.98 Å². The summed E-state index contributed by atoms with van der Waals surface area (Å²) in [5.74, 6) is 0. The number of nitrogens with two attached hydrogens (primary N) is 1. The van der Waals surface area contributed by atoms with E-state index in [2.05, 4.69) is 60.4 Å². The van der Waals surface area contributed by atoms with E-state index in [-0.39, 0.29) is 24.0 Å². The average Bonchev–Trinajstić information content (AvgIpc) is 2.79. The van der Waals surface area contributed by atoms with Gasteiger partial charge in [0.15, 0.2) is 0 Å². The molecule has 3 aromatic rings. The second kappa shape index (κ2) is 8.17. The molecule has 0 aliphatic heterocycles. The molecule has 0 fully saturated rings. The van der Waals surface area contributed by atoms with Gasteiger partial charge in [0, 0.05) is 21.8 Å². The Morgan fingerprint density at radius 2 is 1.37 bits per heavy atom. The highest BCUT2D eigenvalue weighted by molar-refractivity contribution is 14.0. The van der Waals surface area contributed by atoms with Crippen molar-refractivity contribution in [2.75, 3.05) is 6.54 Å². The van der Waals surface area contributed by atoms with Gasteiger partial charge in [-0.2, -0.15) is 0 Å².